The van der Waals surface area contributed by atoms with Gasteiger partial charge in [-0.2, -0.15) is 5.26 Å². The van der Waals surface area contributed by atoms with Gasteiger partial charge < -0.3 is 21.3 Å². The highest BCUT2D eigenvalue weighted by Gasteiger charge is 2.25. The molecule has 1 aliphatic rings. The summed E-state index contributed by atoms with van der Waals surface area (Å²) in [6, 6.07) is 9.71. The van der Waals surface area contributed by atoms with Crippen LogP contribution in [0.25, 0.3) is 0 Å². The molecule has 3 rings (SSSR count). The Morgan fingerprint density at radius 3 is 2.66 bits per heavy atom. The molecule has 35 heavy (non-hydrogen) atoms. The lowest BCUT2D eigenvalue weighted by molar-refractivity contribution is -0.125. The number of hydrogen-bond donors (Lipinski definition) is 3. The molecule has 0 radical (unpaired) electrons. The Morgan fingerprint density at radius 2 is 2.03 bits per heavy atom. The van der Waals surface area contributed by atoms with Crippen LogP contribution >= 0.6 is 0 Å². The molecule has 2 aromatic rings. The predicted octanol–water partition coefficient (Wildman–Crippen LogP) is 3.64. The first-order chi connectivity index (χ1) is 16.6. The van der Waals surface area contributed by atoms with E-state index < -0.39 is 11.3 Å². The summed E-state index contributed by atoms with van der Waals surface area (Å²) < 4.78 is 0. The number of nitrogens with two attached hydrogens (primary N) is 1. The van der Waals surface area contributed by atoms with Gasteiger partial charge in [0.15, 0.2) is 11.5 Å². The maximum Gasteiger partial charge on any atom is 0.271 e. The molecule has 4 N–H and O–H groups in total. The highest BCUT2D eigenvalue weighted by atomic mass is 16.2. The molecular formula is C26H35N7O2. The average Bonchev–Trinajstić information content (AvgIpc) is 2.84. The molecule has 186 valence electrons. The summed E-state index contributed by atoms with van der Waals surface area (Å²) in [4.78, 5) is 35.5. The molecule has 0 bridgehead atoms. The van der Waals surface area contributed by atoms with Gasteiger partial charge >= 0.3 is 0 Å². The smallest absolute Gasteiger partial charge is 0.271 e. The fourth-order valence-corrected chi connectivity index (χ4v) is 4.18. The van der Waals surface area contributed by atoms with E-state index in [0.29, 0.717) is 18.1 Å². The maximum atomic E-state index is 12.5. The van der Waals surface area contributed by atoms with Crippen LogP contribution < -0.4 is 21.3 Å². The lowest BCUT2D eigenvalue weighted by atomic mass is 9.86. The van der Waals surface area contributed by atoms with Gasteiger partial charge in [-0.1, -0.05) is 32.4 Å². The molecule has 0 saturated carbocycles. The molecule has 0 aliphatic carbocycles. The number of carbonyl (C=O) groups is 2. The zero-order valence-corrected chi connectivity index (χ0v) is 21.0. The van der Waals surface area contributed by atoms with E-state index >= 15 is 0 Å². The van der Waals surface area contributed by atoms with Gasteiger partial charge in [0.25, 0.3) is 5.91 Å². The largest absolute Gasteiger partial charge is 0.364 e. The van der Waals surface area contributed by atoms with Gasteiger partial charge in [-0.3, -0.25) is 9.59 Å². The van der Waals surface area contributed by atoms with Crippen molar-refractivity contribution in [3.63, 3.8) is 0 Å². The molecule has 1 aliphatic heterocycles. The van der Waals surface area contributed by atoms with E-state index in [2.05, 4.69) is 38.5 Å². The SMILES string of the molecule is CCCC(C)C(=O)NC1CCCN(c2cnc(C(N)=O)c(Nc3ccc(C(C)(C)C#N)cc3)n2)C1. The van der Waals surface area contributed by atoms with Gasteiger partial charge in [0.2, 0.25) is 5.91 Å². The van der Waals surface area contributed by atoms with E-state index in [1.807, 2.05) is 45.0 Å². The van der Waals surface area contributed by atoms with E-state index in [1.165, 1.54) is 0 Å². The molecule has 2 heterocycles. The van der Waals surface area contributed by atoms with Crippen molar-refractivity contribution in [2.24, 2.45) is 11.7 Å². The fraction of sp³-hybridized carbons (Fsp3) is 0.500. The van der Waals surface area contributed by atoms with Crippen molar-refractivity contribution in [2.45, 2.75) is 64.8 Å². The van der Waals surface area contributed by atoms with Crippen molar-refractivity contribution in [2.75, 3.05) is 23.3 Å². The molecule has 1 saturated heterocycles. The second-order valence-electron chi connectivity index (χ2n) is 9.71. The van der Waals surface area contributed by atoms with E-state index in [0.717, 1.165) is 37.8 Å². The summed E-state index contributed by atoms with van der Waals surface area (Å²) >= 11 is 0. The molecule has 2 amide bonds. The molecule has 0 spiro atoms. The first-order valence-electron chi connectivity index (χ1n) is 12.2. The zero-order valence-electron chi connectivity index (χ0n) is 21.0. The van der Waals surface area contributed by atoms with Gasteiger partial charge in [-0.05, 0) is 50.8 Å². The second-order valence-corrected chi connectivity index (χ2v) is 9.71. The molecule has 9 heteroatoms. The van der Waals surface area contributed by atoms with Crippen molar-refractivity contribution in [1.29, 1.82) is 5.26 Å². The van der Waals surface area contributed by atoms with Crippen molar-refractivity contribution in [3.8, 4) is 6.07 Å². The molecule has 1 aromatic carbocycles. The van der Waals surface area contributed by atoms with E-state index in [9.17, 15) is 14.9 Å². The van der Waals surface area contributed by atoms with Gasteiger partial charge in [-0.25, -0.2) is 9.97 Å². The Labute approximate surface area is 207 Å². The van der Waals surface area contributed by atoms with Crippen LogP contribution in [0.2, 0.25) is 0 Å². The zero-order chi connectivity index (χ0) is 25.6. The lowest BCUT2D eigenvalue weighted by Gasteiger charge is -2.34. The van der Waals surface area contributed by atoms with E-state index in [-0.39, 0.29) is 29.4 Å². The average molecular weight is 478 g/mol. The quantitative estimate of drug-likeness (QED) is 0.501. The van der Waals surface area contributed by atoms with Crippen LogP contribution in [0.5, 0.6) is 0 Å². The molecule has 2 unspecified atom stereocenters. The normalized spacial score (nSPS) is 16.8. The van der Waals surface area contributed by atoms with Crippen LogP contribution in [0.3, 0.4) is 0 Å². The summed E-state index contributed by atoms with van der Waals surface area (Å²) in [6.07, 6.45) is 5.21. The Hall–Kier alpha value is -3.67. The minimum atomic E-state index is -0.678. The predicted molar refractivity (Wildman–Crippen MR) is 136 cm³/mol. The highest BCUT2D eigenvalue weighted by molar-refractivity contribution is 5.96. The Balaban J connectivity index is 1.78. The van der Waals surface area contributed by atoms with E-state index in [4.69, 9.17) is 5.73 Å². The molecule has 2 atom stereocenters. The lowest BCUT2D eigenvalue weighted by Crippen LogP contribution is -2.49. The fourth-order valence-electron chi connectivity index (χ4n) is 4.18. The standard InChI is InChI=1S/C26H35N7O2/c1-5-7-17(2)25(35)31-20-8-6-13-33(15-20)21-14-29-22(23(28)34)24(32-21)30-19-11-9-18(10-12-19)26(3,4)16-27/h9-12,14,17,20H,5-8,13,15H2,1-4H3,(H2,28,34)(H,30,32)(H,31,35). The third-order valence-electron chi connectivity index (χ3n) is 6.40. The van der Waals surface area contributed by atoms with Crippen LogP contribution in [-0.4, -0.2) is 40.9 Å². The first kappa shape index (κ1) is 25.9. The third-order valence-corrected chi connectivity index (χ3v) is 6.40. The number of nitrogens with one attached hydrogen (secondary N) is 2. The molecule has 9 nitrogen and oxygen atoms in total. The van der Waals surface area contributed by atoms with E-state index in [1.54, 1.807) is 6.20 Å². The Morgan fingerprint density at radius 1 is 1.31 bits per heavy atom. The summed E-state index contributed by atoms with van der Waals surface area (Å²) in [5.74, 6) is 0.276. The number of amides is 2. The summed E-state index contributed by atoms with van der Waals surface area (Å²) in [5.41, 5.74) is 6.57. The number of carbonyl (C=O) groups excluding carboxylic acids is 2. The number of nitrogens with zero attached hydrogens (tertiary/aromatic N) is 4. The number of benzene rings is 1. The van der Waals surface area contributed by atoms with Gasteiger partial charge in [0.1, 0.15) is 5.82 Å². The third kappa shape index (κ3) is 6.47. The van der Waals surface area contributed by atoms with Crippen molar-refractivity contribution in [3.05, 3.63) is 41.7 Å². The van der Waals surface area contributed by atoms with Crippen molar-refractivity contribution < 1.29 is 9.59 Å². The topological polar surface area (TPSA) is 137 Å². The highest BCUT2D eigenvalue weighted by Crippen LogP contribution is 2.27. The first-order valence-corrected chi connectivity index (χ1v) is 12.2. The summed E-state index contributed by atoms with van der Waals surface area (Å²) in [7, 11) is 0. The second kappa shape index (κ2) is 11.2. The van der Waals surface area contributed by atoms with Crippen LogP contribution in [0.4, 0.5) is 17.3 Å². The summed E-state index contributed by atoms with van der Waals surface area (Å²) in [5, 5.41) is 15.7. The number of primary amides is 1. The van der Waals surface area contributed by atoms with Gasteiger partial charge in [0.05, 0.1) is 17.7 Å². The van der Waals surface area contributed by atoms with Crippen molar-refractivity contribution >= 4 is 29.1 Å². The summed E-state index contributed by atoms with van der Waals surface area (Å²) in [6.45, 7) is 9.14. The minimum absolute atomic E-state index is 0.00839. The molecule has 1 aromatic heterocycles. The maximum absolute atomic E-state index is 12.5. The Kier molecular flexibility index (Phi) is 8.28. The number of rotatable bonds is 9. The number of aromatic nitrogens is 2. The van der Waals surface area contributed by atoms with Crippen LogP contribution in [0.15, 0.2) is 30.5 Å². The van der Waals surface area contributed by atoms with Gasteiger partial charge in [-0.15, -0.1) is 0 Å². The number of hydrogen-bond acceptors (Lipinski definition) is 7. The van der Waals surface area contributed by atoms with Crippen LogP contribution in [0.1, 0.15) is 69.4 Å². The number of anilines is 3. The van der Waals surface area contributed by atoms with Crippen LogP contribution in [0, 0.1) is 17.2 Å². The molecular weight excluding hydrogens is 442 g/mol. The number of nitriles is 1. The monoisotopic (exact) mass is 477 g/mol. The van der Waals surface area contributed by atoms with Gasteiger partial charge in [0, 0.05) is 30.7 Å². The van der Waals surface area contributed by atoms with Crippen LogP contribution in [-0.2, 0) is 10.2 Å². The minimum Gasteiger partial charge on any atom is -0.364 e. The number of piperidine rings is 1. The Bertz CT molecular complexity index is 1090. The molecule has 1 fully saturated rings. The van der Waals surface area contributed by atoms with Crippen molar-refractivity contribution in [1.82, 2.24) is 15.3 Å².